The van der Waals surface area contributed by atoms with Gasteiger partial charge in [0, 0.05) is 6.92 Å². The van der Waals surface area contributed by atoms with E-state index in [2.05, 4.69) is 4.74 Å². The number of carbonyl (C=O) groups excluding carboxylic acids is 3. The van der Waals surface area contributed by atoms with E-state index in [9.17, 15) is 14.4 Å². The topological polar surface area (TPSA) is 78.9 Å². The summed E-state index contributed by atoms with van der Waals surface area (Å²) in [5, 5.41) is 0. The molecule has 0 saturated heterocycles. The minimum absolute atomic E-state index is 0.608. The molecule has 0 fully saturated rings. The fourth-order valence-corrected chi connectivity index (χ4v) is 1.04. The Kier molecular flexibility index (Phi) is 4.68. The second-order valence-corrected chi connectivity index (χ2v) is 4.50. The van der Waals surface area contributed by atoms with Gasteiger partial charge in [0.1, 0.15) is 0 Å². The van der Waals surface area contributed by atoms with Crippen molar-refractivity contribution in [3.63, 3.8) is 0 Å². The molecule has 0 aromatic carbocycles. The van der Waals surface area contributed by atoms with Crippen molar-refractivity contribution < 1.29 is 28.6 Å². The molecule has 0 spiro atoms. The van der Waals surface area contributed by atoms with Crippen LogP contribution in [0.1, 0.15) is 34.6 Å². The Bertz CT molecular complexity index is 329. The number of rotatable bonds is 4. The number of carbonyl (C=O) groups is 3. The van der Waals surface area contributed by atoms with E-state index in [1.807, 2.05) is 0 Å². The number of hydrogen-bond acceptors (Lipinski definition) is 6. The molecule has 0 heterocycles. The number of hydrogen-bond donors (Lipinski definition) is 0. The molecule has 98 valence electrons. The molecule has 0 aliphatic carbocycles. The first-order valence-corrected chi connectivity index (χ1v) is 5.04. The highest BCUT2D eigenvalue weighted by Crippen LogP contribution is 2.19. The second-order valence-electron chi connectivity index (χ2n) is 4.50. The molecule has 6 heteroatoms. The molecule has 6 nitrogen and oxygen atoms in total. The number of methoxy groups -OCH3 is 1. The van der Waals surface area contributed by atoms with E-state index in [0.717, 1.165) is 0 Å². The molecular weight excluding hydrogens is 228 g/mol. The van der Waals surface area contributed by atoms with Crippen LogP contribution in [0.5, 0.6) is 0 Å². The summed E-state index contributed by atoms with van der Waals surface area (Å²) in [6.07, 6.45) is 0. The molecule has 0 radical (unpaired) electrons. The van der Waals surface area contributed by atoms with Gasteiger partial charge in [-0.25, -0.2) is 9.59 Å². The Morgan fingerprint density at radius 2 is 1.24 bits per heavy atom. The van der Waals surface area contributed by atoms with Crippen molar-refractivity contribution in [3.05, 3.63) is 0 Å². The van der Waals surface area contributed by atoms with E-state index >= 15 is 0 Å². The van der Waals surface area contributed by atoms with Crippen molar-refractivity contribution >= 4 is 17.9 Å². The van der Waals surface area contributed by atoms with Crippen LogP contribution in [0.3, 0.4) is 0 Å². The molecule has 0 N–H and O–H groups in total. The first-order chi connectivity index (χ1) is 7.53. The van der Waals surface area contributed by atoms with Gasteiger partial charge in [0.05, 0.1) is 7.11 Å². The van der Waals surface area contributed by atoms with Crippen LogP contribution in [-0.2, 0) is 28.6 Å². The van der Waals surface area contributed by atoms with Crippen molar-refractivity contribution in [1.29, 1.82) is 0 Å². The summed E-state index contributed by atoms with van der Waals surface area (Å²) in [7, 11) is 1.19. The summed E-state index contributed by atoms with van der Waals surface area (Å²) in [5.74, 6) is -2.12. The van der Waals surface area contributed by atoms with Crippen molar-refractivity contribution in [1.82, 2.24) is 0 Å². The van der Waals surface area contributed by atoms with E-state index in [0.29, 0.717) is 0 Å². The summed E-state index contributed by atoms with van der Waals surface area (Å²) < 4.78 is 14.2. The van der Waals surface area contributed by atoms with Crippen LogP contribution in [0.2, 0.25) is 0 Å². The van der Waals surface area contributed by atoms with E-state index in [-0.39, 0.29) is 0 Å². The van der Waals surface area contributed by atoms with Gasteiger partial charge in [-0.3, -0.25) is 4.79 Å². The lowest BCUT2D eigenvalue weighted by Crippen LogP contribution is -2.46. The van der Waals surface area contributed by atoms with Gasteiger partial charge >= 0.3 is 17.9 Å². The predicted octanol–water partition coefficient (Wildman–Crippen LogP) is 0.823. The Balaban J connectivity index is 4.74. The quantitative estimate of drug-likeness (QED) is 0.540. The molecule has 0 amide bonds. The van der Waals surface area contributed by atoms with E-state index in [4.69, 9.17) is 9.47 Å². The van der Waals surface area contributed by atoms with Gasteiger partial charge in [-0.1, -0.05) is 0 Å². The molecule has 0 bridgehead atoms. The molecule has 0 aromatic rings. The van der Waals surface area contributed by atoms with Gasteiger partial charge in [0.15, 0.2) is 0 Å². The first kappa shape index (κ1) is 15.4. The Hall–Kier alpha value is -1.59. The zero-order chi connectivity index (χ0) is 13.9. The maximum atomic E-state index is 11.7. The maximum absolute atomic E-state index is 11.7. The highest BCUT2D eigenvalue weighted by atomic mass is 16.6. The summed E-state index contributed by atoms with van der Waals surface area (Å²) in [6, 6.07) is 0. The fraction of sp³-hybridized carbons (Fsp3) is 0.727. The molecule has 0 rings (SSSR count). The Labute approximate surface area is 100 Å². The molecule has 0 saturated carbocycles. The van der Waals surface area contributed by atoms with E-state index in [1.54, 1.807) is 0 Å². The molecule has 0 aliphatic heterocycles. The third-order valence-electron chi connectivity index (χ3n) is 1.92. The largest absolute Gasteiger partial charge is 0.466 e. The average Bonchev–Trinajstić information content (AvgIpc) is 2.13. The van der Waals surface area contributed by atoms with E-state index < -0.39 is 29.1 Å². The molecule has 0 aliphatic rings. The van der Waals surface area contributed by atoms with Crippen LogP contribution in [0, 0.1) is 0 Å². The summed E-state index contributed by atoms with van der Waals surface area (Å²) >= 11 is 0. The molecule has 17 heavy (non-hydrogen) atoms. The van der Waals surface area contributed by atoms with Gasteiger partial charge < -0.3 is 14.2 Å². The highest BCUT2D eigenvalue weighted by Gasteiger charge is 2.40. The van der Waals surface area contributed by atoms with Gasteiger partial charge in [0.2, 0.25) is 11.2 Å². The van der Waals surface area contributed by atoms with Crippen molar-refractivity contribution in [2.75, 3.05) is 7.11 Å². The fourth-order valence-electron chi connectivity index (χ4n) is 1.04. The van der Waals surface area contributed by atoms with Gasteiger partial charge in [-0.15, -0.1) is 0 Å². The van der Waals surface area contributed by atoms with E-state index in [1.165, 1.54) is 41.7 Å². The highest BCUT2D eigenvalue weighted by molar-refractivity contribution is 5.86. The Morgan fingerprint density at radius 3 is 1.59 bits per heavy atom. The zero-order valence-electron chi connectivity index (χ0n) is 10.9. The minimum Gasteiger partial charge on any atom is -0.466 e. The zero-order valence-corrected chi connectivity index (χ0v) is 10.9. The molecular formula is C11H18O6. The lowest BCUT2D eigenvalue weighted by Gasteiger charge is -2.28. The van der Waals surface area contributed by atoms with Gasteiger partial charge in [-0.2, -0.15) is 0 Å². The monoisotopic (exact) mass is 246 g/mol. The summed E-state index contributed by atoms with van der Waals surface area (Å²) in [6.45, 7) is 6.72. The SMILES string of the molecule is COC(=O)C(C)(C)OC(=O)C(C)(C)OC(C)=O. The lowest BCUT2D eigenvalue weighted by atomic mass is 10.1. The smallest absolute Gasteiger partial charge is 0.351 e. The third-order valence-corrected chi connectivity index (χ3v) is 1.92. The minimum atomic E-state index is -1.45. The van der Waals surface area contributed by atoms with Crippen molar-refractivity contribution in [2.24, 2.45) is 0 Å². The molecule has 0 atom stereocenters. The first-order valence-electron chi connectivity index (χ1n) is 5.04. The number of esters is 3. The second kappa shape index (κ2) is 5.16. The predicted molar refractivity (Wildman–Crippen MR) is 58.0 cm³/mol. The lowest BCUT2D eigenvalue weighted by molar-refractivity contribution is -0.193. The van der Waals surface area contributed by atoms with Crippen LogP contribution < -0.4 is 0 Å². The summed E-state index contributed by atoms with van der Waals surface area (Å²) in [4.78, 5) is 33.8. The van der Waals surface area contributed by atoms with Crippen LogP contribution in [0.25, 0.3) is 0 Å². The number of ether oxygens (including phenoxy) is 3. The van der Waals surface area contributed by atoms with Gasteiger partial charge in [0.25, 0.3) is 0 Å². The molecule has 0 aromatic heterocycles. The standard InChI is InChI=1S/C11H18O6/c1-7(12)16-11(4,5)9(14)17-10(2,3)8(13)15-6/h1-6H3. The Morgan fingerprint density at radius 1 is 0.824 bits per heavy atom. The van der Waals surface area contributed by atoms with Crippen LogP contribution >= 0.6 is 0 Å². The van der Waals surface area contributed by atoms with Crippen LogP contribution in [0.4, 0.5) is 0 Å². The summed E-state index contributed by atoms with van der Waals surface area (Å²) in [5.41, 5.74) is -2.87. The van der Waals surface area contributed by atoms with Crippen LogP contribution in [0.15, 0.2) is 0 Å². The van der Waals surface area contributed by atoms with Crippen LogP contribution in [-0.4, -0.2) is 36.2 Å². The third kappa shape index (κ3) is 4.42. The molecule has 0 unspecified atom stereocenters. The average molecular weight is 246 g/mol. The van der Waals surface area contributed by atoms with Crippen molar-refractivity contribution in [2.45, 2.75) is 45.8 Å². The normalized spacial score (nSPS) is 11.6. The van der Waals surface area contributed by atoms with Crippen molar-refractivity contribution in [3.8, 4) is 0 Å². The maximum Gasteiger partial charge on any atom is 0.351 e. The van der Waals surface area contributed by atoms with Gasteiger partial charge in [-0.05, 0) is 27.7 Å².